The fourth-order valence-electron chi connectivity index (χ4n) is 1.53. The number of rotatable bonds is 3. The third-order valence-corrected chi connectivity index (χ3v) is 3.02. The molecule has 0 aliphatic heterocycles. The predicted molar refractivity (Wildman–Crippen MR) is 74.4 cm³/mol. The minimum absolute atomic E-state index is 0.624. The number of ether oxygens (including phenoxy) is 1. The average Bonchev–Trinajstić information content (AvgIpc) is 2.34. The van der Waals surface area contributed by atoms with Crippen molar-refractivity contribution in [3.8, 4) is 11.5 Å². The van der Waals surface area contributed by atoms with E-state index in [4.69, 9.17) is 10.5 Å². The van der Waals surface area contributed by atoms with Gasteiger partial charge in [-0.15, -0.1) is 0 Å². The van der Waals surface area contributed by atoms with E-state index in [0.717, 1.165) is 16.6 Å². The summed E-state index contributed by atoms with van der Waals surface area (Å²) in [5.74, 6) is 1.48. The molecule has 0 fully saturated rings. The van der Waals surface area contributed by atoms with Gasteiger partial charge in [0.15, 0.2) is 0 Å². The Balaban J connectivity index is 2.19. The van der Waals surface area contributed by atoms with Gasteiger partial charge in [-0.3, -0.25) is 0 Å². The van der Waals surface area contributed by atoms with E-state index in [1.54, 1.807) is 0 Å². The van der Waals surface area contributed by atoms with Crippen LogP contribution >= 0.6 is 15.9 Å². The quantitative estimate of drug-likeness (QED) is 0.852. The van der Waals surface area contributed by atoms with Crippen molar-refractivity contribution in [3.05, 3.63) is 52.5 Å². The summed E-state index contributed by atoms with van der Waals surface area (Å²) in [4.78, 5) is 0. The molecule has 0 aliphatic rings. The molecular formula is C14H14BrNO. The molecule has 0 saturated heterocycles. The van der Waals surface area contributed by atoms with Crippen LogP contribution < -0.4 is 10.5 Å². The van der Waals surface area contributed by atoms with Gasteiger partial charge in [0.2, 0.25) is 0 Å². The Morgan fingerprint density at radius 1 is 1.12 bits per heavy atom. The number of nitrogen functional groups attached to an aromatic ring is 1. The Bertz CT molecular complexity index is 508. The second-order valence-corrected chi connectivity index (χ2v) is 4.70. The molecule has 0 saturated carbocycles. The lowest BCUT2D eigenvalue weighted by Crippen LogP contribution is -1.92. The maximum absolute atomic E-state index is 5.87. The predicted octanol–water partition coefficient (Wildman–Crippen LogP) is 4.39. The zero-order valence-corrected chi connectivity index (χ0v) is 11.2. The highest BCUT2D eigenvalue weighted by atomic mass is 79.9. The second kappa shape index (κ2) is 5.23. The van der Waals surface area contributed by atoms with Gasteiger partial charge >= 0.3 is 0 Å². The summed E-state index contributed by atoms with van der Waals surface area (Å²) < 4.78 is 6.67. The summed E-state index contributed by atoms with van der Waals surface area (Å²) in [5.41, 5.74) is 7.79. The van der Waals surface area contributed by atoms with Crippen molar-refractivity contribution in [3.63, 3.8) is 0 Å². The molecule has 2 aromatic rings. The third-order valence-electron chi connectivity index (χ3n) is 2.53. The van der Waals surface area contributed by atoms with Gasteiger partial charge in [0, 0.05) is 4.47 Å². The van der Waals surface area contributed by atoms with Crippen molar-refractivity contribution in [2.45, 2.75) is 13.3 Å². The molecule has 2 N–H and O–H groups in total. The van der Waals surface area contributed by atoms with Gasteiger partial charge in [-0.05, 0) is 42.3 Å². The van der Waals surface area contributed by atoms with E-state index in [-0.39, 0.29) is 0 Å². The number of aryl methyl sites for hydroxylation is 1. The Hall–Kier alpha value is -1.48. The fourth-order valence-corrected chi connectivity index (χ4v) is 1.91. The number of halogens is 1. The Labute approximate surface area is 110 Å². The van der Waals surface area contributed by atoms with E-state index < -0.39 is 0 Å². The molecular weight excluding hydrogens is 278 g/mol. The number of hydrogen-bond acceptors (Lipinski definition) is 2. The minimum atomic E-state index is 0.624. The molecule has 2 rings (SSSR count). The first-order chi connectivity index (χ1) is 8.19. The molecule has 0 atom stereocenters. The van der Waals surface area contributed by atoms with Crippen molar-refractivity contribution in [2.24, 2.45) is 0 Å². The molecule has 0 aliphatic carbocycles. The number of benzene rings is 2. The van der Waals surface area contributed by atoms with Crippen molar-refractivity contribution in [2.75, 3.05) is 5.73 Å². The summed E-state index contributed by atoms with van der Waals surface area (Å²) in [6.45, 7) is 2.13. The lowest BCUT2D eigenvalue weighted by atomic mass is 10.2. The highest BCUT2D eigenvalue weighted by molar-refractivity contribution is 9.10. The fraction of sp³-hybridized carbons (Fsp3) is 0.143. The van der Waals surface area contributed by atoms with Gasteiger partial charge < -0.3 is 10.5 Å². The monoisotopic (exact) mass is 291 g/mol. The van der Waals surface area contributed by atoms with Gasteiger partial charge in [-0.25, -0.2) is 0 Å². The van der Waals surface area contributed by atoms with Crippen LogP contribution in [-0.4, -0.2) is 0 Å². The average molecular weight is 292 g/mol. The van der Waals surface area contributed by atoms with Crippen LogP contribution in [0.15, 0.2) is 46.9 Å². The van der Waals surface area contributed by atoms with Crippen LogP contribution in [0.4, 0.5) is 5.69 Å². The summed E-state index contributed by atoms with van der Waals surface area (Å²) >= 11 is 3.37. The Morgan fingerprint density at radius 2 is 1.82 bits per heavy atom. The molecule has 88 valence electrons. The summed E-state index contributed by atoms with van der Waals surface area (Å²) in [7, 11) is 0. The molecule has 0 aromatic heterocycles. The van der Waals surface area contributed by atoms with Gasteiger partial charge in [0.1, 0.15) is 11.5 Å². The van der Waals surface area contributed by atoms with Gasteiger partial charge in [-0.1, -0.05) is 35.0 Å². The highest BCUT2D eigenvalue weighted by Gasteiger charge is 2.02. The summed E-state index contributed by atoms with van der Waals surface area (Å²) in [6, 6.07) is 13.6. The van der Waals surface area contributed by atoms with Crippen LogP contribution in [0.3, 0.4) is 0 Å². The Kier molecular flexibility index (Phi) is 3.69. The zero-order chi connectivity index (χ0) is 12.3. The van der Waals surface area contributed by atoms with Crippen LogP contribution in [0, 0.1) is 0 Å². The van der Waals surface area contributed by atoms with Crippen molar-refractivity contribution in [1.82, 2.24) is 0 Å². The maximum Gasteiger partial charge on any atom is 0.150 e. The lowest BCUT2D eigenvalue weighted by Gasteiger charge is -2.09. The number of hydrogen-bond donors (Lipinski definition) is 1. The van der Waals surface area contributed by atoms with Crippen LogP contribution in [0.1, 0.15) is 12.5 Å². The maximum atomic E-state index is 5.87. The highest BCUT2D eigenvalue weighted by Crippen LogP contribution is 2.29. The number of anilines is 1. The van der Waals surface area contributed by atoms with E-state index in [2.05, 4.69) is 35.0 Å². The van der Waals surface area contributed by atoms with Crippen molar-refractivity contribution in [1.29, 1.82) is 0 Å². The van der Waals surface area contributed by atoms with Crippen molar-refractivity contribution < 1.29 is 4.74 Å². The van der Waals surface area contributed by atoms with E-state index in [0.29, 0.717) is 11.4 Å². The van der Waals surface area contributed by atoms with Gasteiger partial charge in [-0.2, -0.15) is 0 Å². The van der Waals surface area contributed by atoms with Gasteiger partial charge in [0.05, 0.1) is 5.69 Å². The first kappa shape index (κ1) is 12.0. The standard InChI is InChI=1S/C14H14BrNO/c1-2-10-3-6-12(7-4-10)17-14-8-5-11(15)9-13(14)16/h3-9H,2,16H2,1H3. The SMILES string of the molecule is CCc1ccc(Oc2ccc(Br)cc2N)cc1. The smallest absolute Gasteiger partial charge is 0.150 e. The largest absolute Gasteiger partial charge is 0.455 e. The minimum Gasteiger partial charge on any atom is -0.455 e. The van der Waals surface area contributed by atoms with Crippen LogP contribution in [0.2, 0.25) is 0 Å². The molecule has 0 radical (unpaired) electrons. The first-order valence-electron chi connectivity index (χ1n) is 5.51. The van der Waals surface area contributed by atoms with E-state index in [1.165, 1.54) is 5.56 Å². The molecule has 3 heteroatoms. The lowest BCUT2D eigenvalue weighted by molar-refractivity contribution is 0.485. The zero-order valence-electron chi connectivity index (χ0n) is 9.61. The molecule has 0 unspecified atom stereocenters. The molecule has 0 heterocycles. The molecule has 0 bridgehead atoms. The van der Waals surface area contributed by atoms with Crippen LogP contribution in [0.5, 0.6) is 11.5 Å². The Morgan fingerprint density at radius 3 is 2.41 bits per heavy atom. The first-order valence-corrected chi connectivity index (χ1v) is 6.30. The van der Waals surface area contributed by atoms with E-state index >= 15 is 0 Å². The summed E-state index contributed by atoms with van der Waals surface area (Å²) in [5, 5.41) is 0. The van der Waals surface area contributed by atoms with E-state index in [1.807, 2.05) is 30.3 Å². The molecule has 2 aromatic carbocycles. The van der Waals surface area contributed by atoms with E-state index in [9.17, 15) is 0 Å². The normalized spacial score (nSPS) is 10.2. The van der Waals surface area contributed by atoms with Crippen LogP contribution in [0.25, 0.3) is 0 Å². The number of nitrogens with two attached hydrogens (primary N) is 1. The van der Waals surface area contributed by atoms with Gasteiger partial charge in [0.25, 0.3) is 0 Å². The molecule has 0 spiro atoms. The second-order valence-electron chi connectivity index (χ2n) is 3.78. The summed E-state index contributed by atoms with van der Waals surface area (Å²) in [6.07, 6.45) is 1.03. The molecule has 2 nitrogen and oxygen atoms in total. The molecule has 0 amide bonds. The topological polar surface area (TPSA) is 35.2 Å². The van der Waals surface area contributed by atoms with Crippen LogP contribution in [-0.2, 0) is 6.42 Å². The van der Waals surface area contributed by atoms with Crippen molar-refractivity contribution >= 4 is 21.6 Å². The third kappa shape index (κ3) is 3.01. The molecule has 17 heavy (non-hydrogen) atoms.